The number of ether oxygens (including phenoxy) is 1. The number of aliphatic hydroxyl groups is 1. The van der Waals surface area contributed by atoms with E-state index in [-0.39, 0.29) is 24.0 Å². The lowest BCUT2D eigenvalue weighted by atomic mass is 9.86. The molecular weight excluding hydrogens is 292 g/mol. The van der Waals surface area contributed by atoms with Gasteiger partial charge in [-0.15, -0.1) is 0 Å². The fourth-order valence-corrected chi connectivity index (χ4v) is 2.63. The summed E-state index contributed by atoms with van der Waals surface area (Å²) in [5, 5.41) is 9.04. The van der Waals surface area contributed by atoms with Crippen LogP contribution in [0.3, 0.4) is 0 Å². The minimum Gasteiger partial charge on any atom is -0.490 e. The minimum atomic E-state index is -0.467. The highest BCUT2D eigenvalue weighted by atomic mass is 16.5. The largest absolute Gasteiger partial charge is 0.490 e. The number of piperidine rings is 1. The van der Waals surface area contributed by atoms with E-state index in [2.05, 4.69) is 0 Å². The summed E-state index contributed by atoms with van der Waals surface area (Å²) in [6, 6.07) is 7.00. The minimum absolute atomic E-state index is 0.0308. The van der Waals surface area contributed by atoms with Crippen molar-refractivity contribution in [2.75, 3.05) is 13.1 Å². The number of carbonyl (C=O) groups is 1. The Morgan fingerprint density at radius 3 is 2.35 bits per heavy atom. The average Bonchev–Trinajstić information content (AvgIpc) is 2.54. The highest BCUT2D eigenvalue weighted by Crippen LogP contribution is 2.23. The fraction of sp³-hybridized carbons (Fsp3) is 0.611. The monoisotopic (exact) mass is 320 g/mol. The number of aliphatic hydroxyl groups excluding tert-OH is 1. The molecule has 1 heterocycles. The second-order valence-corrected chi connectivity index (χ2v) is 7.29. The molecule has 23 heavy (non-hydrogen) atoms. The molecular formula is C18H28N2O3. The Balaban J connectivity index is 1.84. The van der Waals surface area contributed by atoms with Gasteiger partial charge in [0.05, 0.1) is 12.6 Å². The number of benzene rings is 1. The zero-order valence-corrected chi connectivity index (χ0v) is 14.3. The third-order valence-electron chi connectivity index (χ3n) is 4.36. The van der Waals surface area contributed by atoms with Gasteiger partial charge in [0.25, 0.3) is 0 Å². The first kappa shape index (κ1) is 17.8. The van der Waals surface area contributed by atoms with Gasteiger partial charge in [-0.2, -0.15) is 0 Å². The lowest BCUT2D eigenvalue weighted by molar-refractivity contribution is -0.136. The normalized spacial score (nSPS) is 17.9. The molecule has 1 aromatic rings. The Morgan fingerprint density at radius 1 is 1.30 bits per heavy atom. The van der Waals surface area contributed by atoms with Crippen LogP contribution in [0.1, 0.15) is 39.2 Å². The topological polar surface area (TPSA) is 75.8 Å². The van der Waals surface area contributed by atoms with E-state index in [0.29, 0.717) is 13.1 Å². The third kappa shape index (κ3) is 4.69. The lowest BCUT2D eigenvalue weighted by Gasteiger charge is -2.36. The van der Waals surface area contributed by atoms with Crippen molar-refractivity contribution in [3.63, 3.8) is 0 Å². The maximum atomic E-state index is 12.4. The molecule has 2 rings (SSSR count). The maximum absolute atomic E-state index is 12.4. The van der Waals surface area contributed by atoms with Crippen molar-refractivity contribution in [1.82, 2.24) is 4.90 Å². The van der Waals surface area contributed by atoms with Crippen molar-refractivity contribution in [3.8, 4) is 5.75 Å². The van der Waals surface area contributed by atoms with Crippen LogP contribution in [0, 0.1) is 5.41 Å². The summed E-state index contributed by atoms with van der Waals surface area (Å²) in [6.45, 7) is 7.36. The molecule has 0 unspecified atom stereocenters. The molecule has 0 aromatic heterocycles. The van der Waals surface area contributed by atoms with Gasteiger partial charge in [0.1, 0.15) is 11.9 Å². The average molecular weight is 320 g/mol. The molecule has 0 aliphatic carbocycles. The second kappa shape index (κ2) is 7.32. The molecule has 128 valence electrons. The highest BCUT2D eigenvalue weighted by molar-refractivity contribution is 5.82. The Morgan fingerprint density at radius 2 is 1.87 bits per heavy atom. The van der Waals surface area contributed by atoms with Crippen molar-refractivity contribution < 1.29 is 14.6 Å². The zero-order valence-electron chi connectivity index (χ0n) is 14.3. The summed E-state index contributed by atoms with van der Waals surface area (Å²) in [5.41, 5.74) is 6.71. The summed E-state index contributed by atoms with van der Waals surface area (Å²) in [6.07, 6.45) is 1.74. The van der Waals surface area contributed by atoms with Crippen molar-refractivity contribution in [2.24, 2.45) is 11.1 Å². The van der Waals surface area contributed by atoms with Crippen molar-refractivity contribution in [1.29, 1.82) is 0 Å². The molecule has 1 fully saturated rings. The van der Waals surface area contributed by atoms with E-state index in [1.807, 2.05) is 49.9 Å². The first-order chi connectivity index (χ1) is 10.8. The van der Waals surface area contributed by atoms with Gasteiger partial charge in [-0.1, -0.05) is 32.9 Å². The SMILES string of the molecule is CC(C)(C)[C@H](N)C(=O)N1CCC(Oc2ccc(CO)cc2)CC1. The molecule has 1 aromatic carbocycles. The smallest absolute Gasteiger partial charge is 0.240 e. The molecule has 0 saturated carbocycles. The standard InChI is InChI=1S/C18H28N2O3/c1-18(2,3)16(19)17(22)20-10-8-15(9-11-20)23-14-6-4-13(12-21)5-7-14/h4-7,15-16,21H,8-12,19H2,1-3H3/t16-/m1/s1. The van der Waals surface area contributed by atoms with Crippen LogP contribution in [-0.4, -0.2) is 41.1 Å². The maximum Gasteiger partial charge on any atom is 0.240 e. The molecule has 1 aliphatic heterocycles. The van der Waals surface area contributed by atoms with Gasteiger partial charge in [-0.3, -0.25) is 4.79 Å². The molecule has 5 heteroatoms. The summed E-state index contributed by atoms with van der Waals surface area (Å²) >= 11 is 0. The van der Waals surface area contributed by atoms with Gasteiger partial charge in [0, 0.05) is 25.9 Å². The van der Waals surface area contributed by atoms with Gasteiger partial charge in [0.15, 0.2) is 0 Å². The van der Waals surface area contributed by atoms with E-state index in [1.165, 1.54) is 0 Å². The molecule has 0 radical (unpaired) electrons. The number of carbonyl (C=O) groups excluding carboxylic acids is 1. The predicted molar refractivity (Wildman–Crippen MR) is 90.0 cm³/mol. The lowest BCUT2D eigenvalue weighted by Crippen LogP contribution is -2.53. The Bertz CT molecular complexity index is 514. The van der Waals surface area contributed by atoms with E-state index in [1.54, 1.807) is 0 Å². The van der Waals surface area contributed by atoms with Crippen LogP contribution in [0.25, 0.3) is 0 Å². The first-order valence-corrected chi connectivity index (χ1v) is 8.22. The number of hydrogen-bond acceptors (Lipinski definition) is 4. The summed E-state index contributed by atoms with van der Waals surface area (Å²) < 4.78 is 5.96. The van der Waals surface area contributed by atoms with E-state index >= 15 is 0 Å². The quantitative estimate of drug-likeness (QED) is 0.889. The number of rotatable bonds is 4. The molecule has 1 aliphatic rings. The van der Waals surface area contributed by atoms with E-state index in [4.69, 9.17) is 15.6 Å². The van der Waals surface area contributed by atoms with Gasteiger partial charge < -0.3 is 20.5 Å². The van der Waals surface area contributed by atoms with E-state index in [9.17, 15) is 4.79 Å². The molecule has 5 nitrogen and oxygen atoms in total. The van der Waals surface area contributed by atoms with Gasteiger partial charge in [0.2, 0.25) is 5.91 Å². The van der Waals surface area contributed by atoms with Crippen LogP contribution in [0.4, 0.5) is 0 Å². The molecule has 1 amide bonds. The van der Waals surface area contributed by atoms with Gasteiger partial charge in [-0.25, -0.2) is 0 Å². The Labute approximate surface area is 138 Å². The van der Waals surface area contributed by atoms with E-state index in [0.717, 1.165) is 24.2 Å². The van der Waals surface area contributed by atoms with Gasteiger partial charge >= 0.3 is 0 Å². The second-order valence-electron chi connectivity index (χ2n) is 7.29. The van der Waals surface area contributed by atoms with Crippen LogP contribution >= 0.6 is 0 Å². The number of hydrogen-bond donors (Lipinski definition) is 2. The van der Waals surface area contributed by atoms with Crippen LogP contribution in [0.5, 0.6) is 5.75 Å². The number of nitrogens with zero attached hydrogens (tertiary/aromatic N) is 1. The van der Waals surface area contributed by atoms with Crippen molar-refractivity contribution >= 4 is 5.91 Å². The summed E-state index contributed by atoms with van der Waals surface area (Å²) in [5.74, 6) is 0.835. The molecule has 3 N–H and O–H groups in total. The first-order valence-electron chi connectivity index (χ1n) is 8.22. The molecule has 0 spiro atoms. The predicted octanol–water partition coefficient (Wildman–Crippen LogP) is 1.92. The Hall–Kier alpha value is -1.59. The molecule has 1 atom stereocenters. The van der Waals surface area contributed by atoms with Crippen LogP contribution in [-0.2, 0) is 11.4 Å². The molecule has 1 saturated heterocycles. The highest BCUT2D eigenvalue weighted by Gasteiger charge is 2.33. The van der Waals surface area contributed by atoms with Crippen LogP contribution in [0.2, 0.25) is 0 Å². The number of nitrogens with two attached hydrogens (primary N) is 1. The van der Waals surface area contributed by atoms with Gasteiger partial charge in [-0.05, 0) is 23.1 Å². The summed E-state index contributed by atoms with van der Waals surface area (Å²) in [4.78, 5) is 14.3. The Kier molecular flexibility index (Phi) is 5.65. The zero-order chi connectivity index (χ0) is 17.0. The van der Waals surface area contributed by atoms with Crippen molar-refractivity contribution in [2.45, 2.75) is 52.4 Å². The van der Waals surface area contributed by atoms with Crippen molar-refractivity contribution in [3.05, 3.63) is 29.8 Å². The van der Waals surface area contributed by atoms with Crippen LogP contribution < -0.4 is 10.5 Å². The number of likely N-dealkylation sites (tertiary alicyclic amines) is 1. The van der Waals surface area contributed by atoms with Crippen LogP contribution in [0.15, 0.2) is 24.3 Å². The van der Waals surface area contributed by atoms with E-state index < -0.39 is 6.04 Å². The fourth-order valence-electron chi connectivity index (χ4n) is 2.63. The third-order valence-corrected chi connectivity index (χ3v) is 4.36. The number of amides is 1. The molecule has 0 bridgehead atoms. The summed E-state index contributed by atoms with van der Waals surface area (Å²) in [7, 11) is 0.